The fourth-order valence-electron chi connectivity index (χ4n) is 1.60. The summed E-state index contributed by atoms with van der Waals surface area (Å²) in [6, 6.07) is 7.39. The molecule has 0 aromatic heterocycles. The van der Waals surface area contributed by atoms with Crippen LogP contribution < -0.4 is 0 Å². The molecule has 1 heterocycles. The van der Waals surface area contributed by atoms with Crippen molar-refractivity contribution in [3.63, 3.8) is 0 Å². The van der Waals surface area contributed by atoms with Gasteiger partial charge in [-0.3, -0.25) is 0 Å². The van der Waals surface area contributed by atoms with Crippen LogP contribution in [0.15, 0.2) is 30.8 Å². The summed E-state index contributed by atoms with van der Waals surface area (Å²) in [5, 5.41) is 0. The minimum atomic E-state index is -0.592. The molecular weight excluding hydrogens is 176 g/mol. The van der Waals surface area contributed by atoms with Gasteiger partial charge in [0.25, 0.3) is 0 Å². The Morgan fingerprint density at radius 1 is 1.21 bits per heavy atom. The van der Waals surface area contributed by atoms with Gasteiger partial charge in [0.05, 0.1) is 5.56 Å². The first kappa shape index (κ1) is 9.00. The molecule has 1 aromatic carbocycles. The molecule has 1 aliphatic rings. The van der Waals surface area contributed by atoms with Crippen molar-refractivity contribution < 1.29 is 9.53 Å². The first-order valence-electron chi connectivity index (χ1n) is 4.54. The Morgan fingerprint density at radius 2 is 1.79 bits per heavy atom. The second kappa shape index (κ2) is 2.71. The lowest BCUT2D eigenvalue weighted by Crippen LogP contribution is -2.34. The van der Waals surface area contributed by atoms with E-state index < -0.39 is 5.60 Å². The van der Waals surface area contributed by atoms with Crippen molar-refractivity contribution in [2.75, 3.05) is 0 Å². The third-order valence-corrected chi connectivity index (χ3v) is 2.55. The van der Waals surface area contributed by atoms with Gasteiger partial charge in [-0.05, 0) is 31.1 Å². The molecule has 0 radical (unpaired) electrons. The third-order valence-electron chi connectivity index (χ3n) is 2.55. The zero-order chi connectivity index (χ0) is 10.3. The molecule has 0 unspecified atom stereocenters. The molecule has 0 amide bonds. The Bertz CT molecular complexity index is 416. The van der Waals surface area contributed by atoms with E-state index in [1.807, 2.05) is 32.0 Å². The lowest BCUT2D eigenvalue weighted by atomic mass is 9.87. The molecule has 72 valence electrons. The molecule has 1 aromatic rings. The number of cyclic esters (lactones) is 1. The highest BCUT2D eigenvalue weighted by Crippen LogP contribution is 2.36. The molecule has 0 bridgehead atoms. The smallest absolute Gasteiger partial charge is 0.339 e. The van der Waals surface area contributed by atoms with Gasteiger partial charge in [0, 0.05) is 0 Å². The lowest BCUT2D eigenvalue weighted by Gasteiger charge is -2.33. The Labute approximate surface area is 83.2 Å². The SMILES string of the molecule is C=C1c2ccccc2C(=O)OC1(C)C. The number of hydrogen-bond donors (Lipinski definition) is 0. The maximum absolute atomic E-state index is 11.6. The van der Waals surface area contributed by atoms with Gasteiger partial charge >= 0.3 is 5.97 Å². The molecule has 2 nitrogen and oxygen atoms in total. The first-order chi connectivity index (χ1) is 6.52. The normalized spacial score (nSPS) is 18.7. The number of esters is 1. The van der Waals surface area contributed by atoms with Crippen molar-refractivity contribution in [3.8, 4) is 0 Å². The number of ether oxygens (including phenoxy) is 1. The van der Waals surface area contributed by atoms with Crippen molar-refractivity contribution in [1.29, 1.82) is 0 Å². The fraction of sp³-hybridized carbons (Fsp3) is 0.250. The molecule has 0 atom stereocenters. The molecule has 1 aliphatic heterocycles. The number of benzene rings is 1. The zero-order valence-electron chi connectivity index (χ0n) is 8.33. The van der Waals surface area contributed by atoms with Crippen molar-refractivity contribution in [2.24, 2.45) is 0 Å². The molecule has 0 N–H and O–H groups in total. The summed E-state index contributed by atoms with van der Waals surface area (Å²) in [6.07, 6.45) is 0. The molecular formula is C12H12O2. The third kappa shape index (κ3) is 1.15. The van der Waals surface area contributed by atoms with Crippen molar-refractivity contribution in [1.82, 2.24) is 0 Å². The molecule has 0 saturated carbocycles. The van der Waals surface area contributed by atoms with E-state index in [9.17, 15) is 4.79 Å². The lowest BCUT2D eigenvalue weighted by molar-refractivity contribution is 0.0178. The minimum absolute atomic E-state index is 0.266. The van der Waals surface area contributed by atoms with Gasteiger partial charge in [-0.15, -0.1) is 0 Å². The monoisotopic (exact) mass is 188 g/mol. The second-order valence-corrected chi connectivity index (χ2v) is 3.92. The van der Waals surface area contributed by atoms with E-state index in [1.54, 1.807) is 6.07 Å². The van der Waals surface area contributed by atoms with Gasteiger partial charge in [0.2, 0.25) is 0 Å². The van der Waals surface area contributed by atoms with Gasteiger partial charge in [-0.1, -0.05) is 24.8 Å². The molecule has 0 aliphatic carbocycles. The topological polar surface area (TPSA) is 26.3 Å². The van der Waals surface area contributed by atoms with Crippen LogP contribution in [0.3, 0.4) is 0 Å². The number of hydrogen-bond acceptors (Lipinski definition) is 2. The van der Waals surface area contributed by atoms with Crippen LogP contribution in [-0.2, 0) is 4.74 Å². The molecule has 0 fully saturated rings. The summed E-state index contributed by atoms with van der Waals surface area (Å²) in [5.41, 5.74) is 1.77. The number of fused-ring (bicyclic) bond motifs is 1. The molecule has 2 rings (SSSR count). The zero-order valence-corrected chi connectivity index (χ0v) is 8.33. The average Bonchev–Trinajstić information content (AvgIpc) is 2.14. The van der Waals surface area contributed by atoms with Crippen LogP contribution in [-0.4, -0.2) is 11.6 Å². The van der Waals surface area contributed by atoms with Gasteiger partial charge in [-0.2, -0.15) is 0 Å². The number of carbonyl (C=O) groups excluding carboxylic acids is 1. The van der Waals surface area contributed by atoms with Crippen LogP contribution in [0.25, 0.3) is 5.57 Å². The summed E-state index contributed by atoms with van der Waals surface area (Å²) in [4.78, 5) is 11.6. The number of carbonyl (C=O) groups is 1. The number of rotatable bonds is 0. The van der Waals surface area contributed by atoms with Crippen LogP contribution >= 0.6 is 0 Å². The van der Waals surface area contributed by atoms with Gasteiger partial charge in [-0.25, -0.2) is 4.79 Å². The summed E-state index contributed by atoms with van der Waals surface area (Å²) < 4.78 is 5.27. The average molecular weight is 188 g/mol. The van der Waals surface area contributed by atoms with E-state index >= 15 is 0 Å². The fourth-order valence-corrected chi connectivity index (χ4v) is 1.60. The van der Waals surface area contributed by atoms with Gasteiger partial charge in [0.15, 0.2) is 0 Å². The van der Waals surface area contributed by atoms with E-state index in [2.05, 4.69) is 6.58 Å². The predicted octanol–water partition coefficient (Wildman–Crippen LogP) is 2.65. The van der Waals surface area contributed by atoms with E-state index in [0.29, 0.717) is 5.56 Å². The Balaban J connectivity index is 2.63. The van der Waals surface area contributed by atoms with Crippen LogP contribution in [0.1, 0.15) is 29.8 Å². The van der Waals surface area contributed by atoms with Gasteiger partial charge in [0.1, 0.15) is 5.60 Å². The van der Waals surface area contributed by atoms with E-state index in [1.165, 1.54) is 0 Å². The van der Waals surface area contributed by atoms with E-state index in [0.717, 1.165) is 11.1 Å². The van der Waals surface area contributed by atoms with Crippen LogP contribution in [0.4, 0.5) is 0 Å². The Hall–Kier alpha value is -1.57. The van der Waals surface area contributed by atoms with Crippen LogP contribution in [0.5, 0.6) is 0 Å². The van der Waals surface area contributed by atoms with Crippen molar-refractivity contribution in [2.45, 2.75) is 19.4 Å². The standard InChI is InChI=1S/C12H12O2/c1-8-9-6-4-5-7-10(9)11(13)14-12(8,2)3/h4-7H,1H2,2-3H3. The maximum atomic E-state index is 11.6. The van der Waals surface area contributed by atoms with E-state index in [4.69, 9.17) is 4.74 Å². The molecule has 2 heteroatoms. The summed E-state index contributed by atoms with van der Waals surface area (Å²) >= 11 is 0. The summed E-state index contributed by atoms with van der Waals surface area (Å²) in [6.45, 7) is 7.67. The van der Waals surface area contributed by atoms with E-state index in [-0.39, 0.29) is 5.97 Å². The van der Waals surface area contributed by atoms with Gasteiger partial charge < -0.3 is 4.74 Å². The Kier molecular flexibility index (Phi) is 1.74. The maximum Gasteiger partial charge on any atom is 0.339 e. The highest BCUT2D eigenvalue weighted by Gasteiger charge is 2.35. The predicted molar refractivity (Wildman–Crippen MR) is 55.0 cm³/mol. The van der Waals surface area contributed by atoms with Crippen molar-refractivity contribution >= 4 is 11.5 Å². The van der Waals surface area contributed by atoms with Crippen molar-refractivity contribution in [3.05, 3.63) is 42.0 Å². The molecule has 0 spiro atoms. The highest BCUT2D eigenvalue weighted by molar-refractivity contribution is 5.99. The first-order valence-corrected chi connectivity index (χ1v) is 4.54. The highest BCUT2D eigenvalue weighted by atomic mass is 16.6. The molecule has 14 heavy (non-hydrogen) atoms. The summed E-state index contributed by atoms with van der Waals surface area (Å²) in [5.74, 6) is -0.266. The Morgan fingerprint density at radius 3 is 2.43 bits per heavy atom. The largest absolute Gasteiger partial charge is 0.451 e. The summed E-state index contributed by atoms with van der Waals surface area (Å²) in [7, 11) is 0. The van der Waals surface area contributed by atoms with Crippen LogP contribution in [0, 0.1) is 0 Å². The second-order valence-electron chi connectivity index (χ2n) is 3.92. The minimum Gasteiger partial charge on any atom is -0.451 e. The molecule has 0 saturated heterocycles. The quantitative estimate of drug-likeness (QED) is 0.585. The van der Waals surface area contributed by atoms with Crippen LogP contribution in [0.2, 0.25) is 0 Å².